The van der Waals surface area contributed by atoms with E-state index < -0.39 is 0 Å². The fraction of sp³-hybridized carbons (Fsp3) is 0.304. The number of nitrogens with one attached hydrogen (secondary N) is 2. The zero-order valence-electron chi connectivity index (χ0n) is 17.7. The number of aliphatic imine (C=N–C) groups is 1. The Labute approximate surface area is 181 Å². The summed E-state index contributed by atoms with van der Waals surface area (Å²) >= 11 is 0. The van der Waals surface area contributed by atoms with Gasteiger partial charge in [-0.3, -0.25) is 19.4 Å². The molecule has 0 heterocycles. The Morgan fingerprint density at radius 3 is 2.42 bits per heavy atom. The third-order valence-electron chi connectivity index (χ3n) is 4.45. The van der Waals surface area contributed by atoms with Gasteiger partial charge in [-0.25, -0.2) is 0 Å². The van der Waals surface area contributed by atoms with Gasteiger partial charge in [0.1, 0.15) is 12.3 Å². The Hall–Kier alpha value is -3.52. The van der Waals surface area contributed by atoms with Crippen molar-refractivity contribution in [2.75, 3.05) is 33.4 Å². The number of rotatable bonds is 11. The fourth-order valence-electron chi connectivity index (χ4n) is 2.72. The van der Waals surface area contributed by atoms with Crippen LogP contribution in [0.1, 0.15) is 38.3 Å². The van der Waals surface area contributed by atoms with Crippen LogP contribution in [0.5, 0.6) is 5.75 Å². The number of benzene rings is 2. The quantitative estimate of drug-likeness (QED) is 0.373. The van der Waals surface area contributed by atoms with Crippen LogP contribution in [0, 0.1) is 6.92 Å². The Balaban J connectivity index is 1.84. The molecule has 8 heteroatoms. The maximum Gasteiger partial charge on any atom is 0.251 e. The molecule has 3 N–H and O–H groups in total. The van der Waals surface area contributed by atoms with Crippen LogP contribution in [-0.2, 0) is 4.79 Å². The number of hydrogen-bond donors (Lipinski definition) is 3. The third kappa shape index (κ3) is 7.67. The lowest BCUT2D eigenvalue weighted by atomic mass is 10.1. The standard InChI is InChI=1S/C23H27N3O5/c1-16-3-4-17(13-21(16)31-2)14-24-15-20(28)18-5-7-19(8-6-18)23(30)26-10-9-22(29)25-11-12-27/h3-8,13-14,27H,9-12,15H2,1-2H3,(H,25,29)(H,26,30). The molecule has 2 aromatic carbocycles. The number of amides is 2. The minimum atomic E-state index is -0.333. The summed E-state index contributed by atoms with van der Waals surface area (Å²) in [6.07, 6.45) is 1.74. The third-order valence-corrected chi connectivity index (χ3v) is 4.45. The van der Waals surface area contributed by atoms with Crippen LogP contribution < -0.4 is 15.4 Å². The summed E-state index contributed by atoms with van der Waals surface area (Å²) in [5.41, 5.74) is 2.71. The first-order valence-corrected chi connectivity index (χ1v) is 9.88. The van der Waals surface area contributed by atoms with E-state index in [2.05, 4.69) is 15.6 Å². The number of ether oxygens (including phenoxy) is 1. The topological polar surface area (TPSA) is 117 Å². The van der Waals surface area contributed by atoms with Crippen molar-refractivity contribution in [3.8, 4) is 5.75 Å². The normalized spacial score (nSPS) is 10.7. The van der Waals surface area contributed by atoms with Crippen LogP contribution in [0.4, 0.5) is 0 Å². The fourth-order valence-corrected chi connectivity index (χ4v) is 2.72. The van der Waals surface area contributed by atoms with E-state index in [0.717, 1.165) is 16.9 Å². The molecular formula is C23H27N3O5. The first-order valence-electron chi connectivity index (χ1n) is 9.88. The highest BCUT2D eigenvalue weighted by molar-refractivity contribution is 6.00. The molecule has 0 saturated carbocycles. The number of aliphatic hydroxyl groups excluding tert-OH is 1. The number of aliphatic hydroxyl groups is 1. The van der Waals surface area contributed by atoms with Gasteiger partial charge in [-0.2, -0.15) is 0 Å². The van der Waals surface area contributed by atoms with E-state index in [9.17, 15) is 14.4 Å². The van der Waals surface area contributed by atoms with E-state index in [4.69, 9.17) is 9.84 Å². The molecule has 0 aromatic heterocycles. The largest absolute Gasteiger partial charge is 0.496 e. The molecule has 0 aliphatic rings. The predicted octanol–water partition coefficient (Wildman–Crippen LogP) is 1.53. The summed E-state index contributed by atoms with van der Waals surface area (Å²) in [5.74, 6) is 0.0120. The highest BCUT2D eigenvalue weighted by atomic mass is 16.5. The van der Waals surface area contributed by atoms with Gasteiger partial charge in [-0.1, -0.05) is 24.3 Å². The van der Waals surface area contributed by atoms with Gasteiger partial charge in [0.2, 0.25) is 5.91 Å². The zero-order valence-corrected chi connectivity index (χ0v) is 17.7. The van der Waals surface area contributed by atoms with E-state index >= 15 is 0 Å². The highest BCUT2D eigenvalue weighted by Gasteiger charge is 2.09. The number of methoxy groups -OCH3 is 1. The summed E-state index contributed by atoms with van der Waals surface area (Å²) in [5, 5.41) is 13.8. The number of nitrogens with zero attached hydrogens (tertiary/aromatic N) is 1. The molecule has 31 heavy (non-hydrogen) atoms. The Kier molecular flexibility index (Phi) is 9.38. The van der Waals surface area contributed by atoms with Gasteiger partial charge < -0.3 is 20.5 Å². The predicted molar refractivity (Wildman–Crippen MR) is 118 cm³/mol. The molecular weight excluding hydrogens is 398 g/mol. The Morgan fingerprint density at radius 2 is 1.74 bits per heavy atom. The van der Waals surface area contributed by atoms with Gasteiger partial charge in [0.05, 0.1) is 13.7 Å². The average Bonchev–Trinajstić information content (AvgIpc) is 2.78. The molecule has 0 aliphatic carbocycles. The van der Waals surface area contributed by atoms with Gasteiger partial charge in [0.25, 0.3) is 5.91 Å². The summed E-state index contributed by atoms with van der Waals surface area (Å²) in [6.45, 7) is 2.17. The van der Waals surface area contributed by atoms with Gasteiger partial charge in [0.15, 0.2) is 5.78 Å². The molecule has 0 saturated heterocycles. The minimum absolute atomic E-state index is 0.00924. The maximum atomic E-state index is 12.3. The first-order chi connectivity index (χ1) is 14.9. The van der Waals surface area contributed by atoms with E-state index in [1.54, 1.807) is 37.6 Å². The number of carbonyl (C=O) groups excluding carboxylic acids is 3. The highest BCUT2D eigenvalue weighted by Crippen LogP contribution is 2.17. The van der Waals surface area contributed by atoms with Gasteiger partial charge >= 0.3 is 0 Å². The van der Waals surface area contributed by atoms with Gasteiger partial charge in [-0.15, -0.1) is 0 Å². The molecule has 0 aliphatic heterocycles. The molecule has 164 valence electrons. The van der Waals surface area contributed by atoms with Crippen LogP contribution >= 0.6 is 0 Å². The molecule has 0 radical (unpaired) electrons. The summed E-state index contributed by atoms with van der Waals surface area (Å²) < 4.78 is 5.27. The number of ketones is 1. The van der Waals surface area contributed by atoms with E-state index in [1.807, 2.05) is 25.1 Å². The number of carbonyl (C=O) groups is 3. The van der Waals surface area contributed by atoms with E-state index in [1.165, 1.54) is 0 Å². The summed E-state index contributed by atoms with van der Waals surface area (Å²) in [4.78, 5) is 40.1. The summed E-state index contributed by atoms with van der Waals surface area (Å²) in [6, 6.07) is 12.0. The lowest BCUT2D eigenvalue weighted by Gasteiger charge is -2.06. The van der Waals surface area contributed by atoms with Crippen molar-refractivity contribution in [2.45, 2.75) is 13.3 Å². The maximum absolute atomic E-state index is 12.3. The van der Waals surface area contributed by atoms with Crippen LogP contribution in [0.15, 0.2) is 47.5 Å². The second kappa shape index (κ2) is 12.2. The van der Waals surface area contributed by atoms with Crippen molar-refractivity contribution in [1.82, 2.24) is 10.6 Å². The van der Waals surface area contributed by atoms with Crippen LogP contribution in [0.2, 0.25) is 0 Å². The lowest BCUT2D eigenvalue weighted by molar-refractivity contribution is -0.121. The lowest BCUT2D eigenvalue weighted by Crippen LogP contribution is -2.32. The molecule has 0 fully saturated rings. The minimum Gasteiger partial charge on any atom is -0.496 e. The number of aryl methyl sites for hydroxylation is 1. The monoisotopic (exact) mass is 425 g/mol. The first kappa shape index (κ1) is 23.8. The van der Waals surface area contributed by atoms with Crippen molar-refractivity contribution < 1.29 is 24.2 Å². The molecule has 0 spiro atoms. The Morgan fingerprint density at radius 1 is 1.03 bits per heavy atom. The van der Waals surface area contributed by atoms with Crippen LogP contribution in [0.3, 0.4) is 0 Å². The van der Waals surface area contributed by atoms with E-state index in [-0.39, 0.29) is 50.3 Å². The molecule has 2 aromatic rings. The average molecular weight is 425 g/mol. The molecule has 2 rings (SSSR count). The van der Waals surface area contributed by atoms with Crippen molar-refractivity contribution in [2.24, 2.45) is 4.99 Å². The van der Waals surface area contributed by atoms with Gasteiger partial charge in [-0.05, 0) is 36.2 Å². The molecule has 0 bridgehead atoms. The SMILES string of the molecule is COc1cc(C=NCC(=O)c2ccc(C(=O)NCCC(=O)NCCO)cc2)ccc1C. The zero-order chi connectivity index (χ0) is 22.6. The van der Waals surface area contributed by atoms with Crippen molar-refractivity contribution >= 4 is 23.8 Å². The number of Topliss-reactive ketones (excluding diaryl/α,β-unsaturated/α-hetero) is 1. The second-order valence-electron chi connectivity index (χ2n) is 6.78. The smallest absolute Gasteiger partial charge is 0.251 e. The summed E-state index contributed by atoms with van der Waals surface area (Å²) in [7, 11) is 1.60. The van der Waals surface area contributed by atoms with Crippen molar-refractivity contribution in [3.05, 3.63) is 64.7 Å². The molecule has 0 unspecified atom stereocenters. The van der Waals surface area contributed by atoms with Crippen LogP contribution in [-0.4, -0.2) is 62.3 Å². The Bertz CT molecular complexity index is 939. The molecule has 0 atom stereocenters. The van der Waals surface area contributed by atoms with E-state index in [0.29, 0.717) is 11.1 Å². The second-order valence-corrected chi connectivity index (χ2v) is 6.78. The van der Waals surface area contributed by atoms with Crippen molar-refractivity contribution in [1.29, 1.82) is 0 Å². The van der Waals surface area contributed by atoms with Crippen molar-refractivity contribution in [3.63, 3.8) is 0 Å². The van der Waals surface area contributed by atoms with Gasteiger partial charge in [0, 0.05) is 36.9 Å². The molecule has 2 amide bonds. The number of hydrogen-bond acceptors (Lipinski definition) is 6. The molecule has 8 nitrogen and oxygen atoms in total. The van der Waals surface area contributed by atoms with Crippen LogP contribution in [0.25, 0.3) is 0 Å².